The molecule has 1 amide bonds. The van der Waals surface area contributed by atoms with Gasteiger partial charge < -0.3 is 14.8 Å². The summed E-state index contributed by atoms with van der Waals surface area (Å²) in [5.41, 5.74) is 3.37. The van der Waals surface area contributed by atoms with Gasteiger partial charge in [0.05, 0.1) is 25.4 Å². The van der Waals surface area contributed by atoms with Crippen LogP contribution in [-0.2, 0) is 4.79 Å². The van der Waals surface area contributed by atoms with E-state index >= 15 is 0 Å². The Morgan fingerprint density at radius 3 is 2.62 bits per heavy atom. The number of amides is 1. The molecular formula is C21H20N2O3. The number of nitrogens with zero attached hydrogens (tertiary/aromatic N) is 1. The van der Waals surface area contributed by atoms with Crippen molar-refractivity contribution in [1.82, 2.24) is 4.98 Å². The van der Waals surface area contributed by atoms with Gasteiger partial charge in [0.1, 0.15) is 0 Å². The Bertz CT molecular complexity index is 980. The zero-order chi connectivity index (χ0) is 18.5. The number of aromatic nitrogens is 1. The van der Waals surface area contributed by atoms with Crippen molar-refractivity contribution in [3.05, 3.63) is 65.9 Å². The quantitative estimate of drug-likeness (QED) is 0.702. The smallest absolute Gasteiger partial charge is 0.248 e. The van der Waals surface area contributed by atoms with E-state index in [1.165, 1.54) is 6.08 Å². The van der Waals surface area contributed by atoms with Gasteiger partial charge in [-0.1, -0.05) is 12.1 Å². The summed E-state index contributed by atoms with van der Waals surface area (Å²) >= 11 is 0. The molecule has 5 nitrogen and oxygen atoms in total. The van der Waals surface area contributed by atoms with Crippen LogP contribution in [0.2, 0.25) is 0 Å². The van der Waals surface area contributed by atoms with Gasteiger partial charge >= 0.3 is 0 Å². The van der Waals surface area contributed by atoms with Gasteiger partial charge in [0.15, 0.2) is 11.5 Å². The second-order valence-electron chi connectivity index (χ2n) is 5.76. The van der Waals surface area contributed by atoms with Crippen molar-refractivity contribution in [3.63, 3.8) is 0 Å². The van der Waals surface area contributed by atoms with Crippen LogP contribution >= 0.6 is 0 Å². The summed E-state index contributed by atoms with van der Waals surface area (Å²) in [6.07, 6.45) is 3.21. The van der Waals surface area contributed by atoms with E-state index in [2.05, 4.69) is 10.3 Å². The minimum Gasteiger partial charge on any atom is -0.493 e. The minimum absolute atomic E-state index is 0.215. The van der Waals surface area contributed by atoms with Gasteiger partial charge in [-0.3, -0.25) is 9.78 Å². The average Bonchev–Trinajstić information content (AvgIpc) is 2.66. The van der Waals surface area contributed by atoms with Crippen LogP contribution in [0, 0.1) is 6.92 Å². The number of aryl methyl sites for hydroxylation is 1. The molecular weight excluding hydrogens is 328 g/mol. The Hall–Kier alpha value is -3.34. The maximum absolute atomic E-state index is 12.3. The predicted octanol–water partition coefficient (Wildman–Crippen LogP) is 4.21. The van der Waals surface area contributed by atoms with E-state index in [4.69, 9.17) is 9.47 Å². The highest BCUT2D eigenvalue weighted by Gasteiger charge is 2.06. The largest absolute Gasteiger partial charge is 0.493 e. The second kappa shape index (κ2) is 7.70. The summed E-state index contributed by atoms with van der Waals surface area (Å²) < 4.78 is 10.5. The molecule has 0 saturated heterocycles. The van der Waals surface area contributed by atoms with Gasteiger partial charge in [-0.25, -0.2) is 0 Å². The molecule has 0 radical (unpaired) electrons. The van der Waals surface area contributed by atoms with Crippen LogP contribution in [0.3, 0.4) is 0 Å². The van der Waals surface area contributed by atoms with Gasteiger partial charge in [0.2, 0.25) is 5.91 Å². The Kier molecular flexibility index (Phi) is 5.17. The summed E-state index contributed by atoms with van der Waals surface area (Å²) in [6.45, 7) is 1.94. The molecule has 1 N–H and O–H groups in total. The number of carbonyl (C=O) groups excluding carboxylic acids is 1. The van der Waals surface area contributed by atoms with Crippen molar-refractivity contribution in [1.29, 1.82) is 0 Å². The third kappa shape index (κ3) is 3.83. The highest BCUT2D eigenvalue weighted by Crippen LogP contribution is 2.28. The predicted molar refractivity (Wildman–Crippen MR) is 104 cm³/mol. The first kappa shape index (κ1) is 17.5. The molecule has 1 heterocycles. The van der Waals surface area contributed by atoms with Gasteiger partial charge in [-0.2, -0.15) is 0 Å². The minimum atomic E-state index is -0.215. The maximum Gasteiger partial charge on any atom is 0.248 e. The van der Waals surface area contributed by atoms with Crippen LogP contribution < -0.4 is 14.8 Å². The van der Waals surface area contributed by atoms with Crippen LogP contribution in [0.1, 0.15) is 11.3 Å². The number of fused-ring (bicyclic) bond motifs is 1. The number of hydrogen-bond donors (Lipinski definition) is 1. The number of nitrogens with one attached hydrogen (secondary N) is 1. The first-order valence-corrected chi connectivity index (χ1v) is 8.18. The number of rotatable bonds is 5. The van der Waals surface area contributed by atoms with Crippen molar-refractivity contribution < 1.29 is 14.3 Å². The van der Waals surface area contributed by atoms with Crippen molar-refractivity contribution >= 4 is 28.6 Å². The van der Waals surface area contributed by atoms with Crippen LogP contribution in [-0.4, -0.2) is 25.1 Å². The van der Waals surface area contributed by atoms with Crippen molar-refractivity contribution in [2.75, 3.05) is 19.5 Å². The molecule has 26 heavy (non-hydrogen) atoms. The standard InChI is InChI=1S/C21H20N2O3/c1-14-7-10-16-17(22-14)5-4-6-18(16)23-21(24)12-9-15-8-11-19(25-2)20(13-15)26-3/h4-13H,1-3H3,(H,23,24). The van der Waals surface area contributed by atoms with E-state index in [1.807, 2.05) is 49.4 Å². The summed E-state index contributed by atoms with van der Waals surface area (Å²) in [7, 11) is 3.16. The number of methoxy groups -OCH3 is 2. The Morgan fingerprint density at radius 1 is 1.04 bits per heavy atom. The van der Waals surface area contributed by atoms with E-state index < -0.39 is 0 Å². The third-order valence-electron chi connectivity index (χ3n) is 3.96. The highest BCUT2D eigenvalue weighted by atomic mass is 16.5. The summed E-state index contributed by atoms with van der Waals surface area (Å²) in [6, 6.07) is 15.0. The molecule has 0 spiro atoms. The lowest BCUT2D eigenvalue weighted by Crippen LogP contribution is -2.08. The molecule has 0 aliphatic carbocycles. The Balaban J connectivity index is 1.78. The van der Waals surface area contributed by atoms with Crippen molar-refractivity contribution in [3.8, 4) is 11.5 Å². The summed E-state index contributed by atoms with van der Waals surface area (Å²) in [5.74, 6) is 1.05. The van der Waals surface area contributed by atoms with Gasteiger partial charge in [-0.05, 0) is 55.0 Å². The zero-order valence-electron chi connectivity index (χ0n) is 14.9. The van der Waals surface area contributed by atoms with E-state index in [9.17, 15) is 4.79 Å². The molecule has 3 rings (SSSR count). The number of pyridine rings is 1. The number of anilines is 1. The van der Waals surface area contributed by atoms with Crippen LogP contribution in [0.5, 0.6) is 11.5 Å². The second-order valence-corrected chi connectivity index (χ2v) is 5.76. The fourth-order valence-electron chi connectivity index (χ4n) is 2.67. The van der Waals surface area contributed by atoms with Gasteiger partial charge in [0, 0.05) is 17.2 Å². The molecule has 0 unspecified atom stereocenters. The average molecular weight is 348 g/mol. The van der Waals surface area contributed by atoms with Gasteiger partial charge in [0.25, 0.3) is 0 Å². The monoisotopic (exact) mass is 348 g/mol. The lowest BCUT2D eigenvalue weighted by molar-refractivity contribution is -0.111. The number of carbonyl (C=O) groups is 1. The number of ether oxygens (including phenoxy) is 2. The molecule has 0 saturated carbocycles. The van der Waals surface area contributed by atoms with Gasteiger partial charge in [-0.15, -0.1) is 0 Å². The van der Waals surface area contributed by atoms with Crippen LogP contribution in [0.15, 0.2) is 54.6 Å². The topological polar surface area (TPSA) is 60.5 Å². The molecule has 5 heteroatoms. The van der Waals surface area contributed by atoms with Crippen LogP contribution in [0.4, 0.5) is 5.69 Å². The SMILES string of the molecule is COc1ccc(C=CC(=O)Nc2cccc3nc(C)ccc23)cc1OC. The summed E-state index contributed by atoms with van der Waals surface area (Å²) in [5, 5.41) is 3.81. The fraction of sp³-hybridized carbons (Fsp3) is 0.143. The molecule has 1 aromatic heterocycles. The lowest BCUT2D eigenvalue weighted by atomic mass is 10.1. The van der Waals surface area contributed by atoms with E-state index in [1.54, 1.807) is 26.4 Å². The first-order valence-electron chi connectivity index (χ1n) is 8.18. The highest BCUT2D eigenvalue weighted by molar-refractivity contribution is 6.07. The molecule has 2 aromatic carbocycles. The normalized spacial score (nSPS) is 10.9. The van der Waals surface area contributed by atoms with E-state index in [0.717, 1.165) is 27.8 Å². The van der Waals surface area contributed by atoms with E-state index in [-0.39, 0.29) is 5.91 Å². The van der Waals surface area contributed by atoms with Crippen molar-refractivity contribution in [2.24, 2.45) is 0 Å². The Morgan fingerprint density at radius 2 is 1.85 bits per heavy atom. The molecule has 3 aromatic rings. The third-order valence-corrected chi connectivity index (χ3v) is 3.96. The molecule has 0 bridgehead atoms. The maximum atomic E-state index is 12.3. The fourth-order valence-corrected chi connectivity index (χ4v) is 2.67. The van der Waals surface area contributed by atoms with E-state index in [0.29, 0.717) is 11.5 Å². The zero-order valence-corrected chi connectivity index (χ0v) is 14.9. The molecule has 0 aliphatic heterocycles. The van der Waals surface area contributed by atoms with Crippen LogP contribution in [0.25, 0.3) is 17.0 Å². The number of benzene rings is 2. The molecule has 0 atom stereocenters. The molecule has 132 valence electrons. The van der Waals surface area contributed by atoms with Crippen molar-refractivity contribution in [2.45, 2.75) is 6.92 Å². The molecule has 0 fully saturated rings. The Labute approximate surface area is 152 Å². The molecule has 0 aliphatic rings. The lowest BCUT2D eigenvalue weighted by Gasteiger charge is -2.08. The first-order chi connectivity index (χ1) is 12.6. The summed E-state index contributed by atoms with van der Waals surface area (Å²) in [4.78, 5) is 16.8. The number of hydrogen-bond acceptors (Lipinski definition) is 4.